The Hall–Kier alpha value is -3.94. The van der Waals surface area contributed by atoms with E-state index in [2.05, 4.69) is 75.0 Å². The molecule has 0 unspecified atom stereocenters. The van der Waals surface area contributed by atoms with Gasteiger partial charge in [0.05, 0.1) is 38.4 Å². The third-order valence-corrected chi connectivity index (χ3v) is 9.29. The first-order valence-corrected chi connectivity index (χ1v) is 17.8. The van der Waals surface area contributed by atoms with Crippen molar-refractivity contribution in [3.05, 3.63) is 89.0 Å². The molecule has 0 bridgehead atoms. The first-order valence-electron chi connectivity index (χ1n) is 17.8. The summed E-state index contributed by atoms with van der Waals surface area (Å²) in [6.07, 6.45) is 8.51. The topological polar surface area (TPSA) is 102 Å². The molecule has 0 aromatic heterocycles. The van der Waals surface area contributed by atoms with Gasteiger partial charge >= 0.3 is 5.97 Å². The van der Waals surface area contributed by atoms with Gasteiger partial charge in [0.15, 0.2) is 0 Å². The van der Waals surface area contributed by atoms with Crippen molar-refractivity contribution in [2.75, 3.05) is 33.0 Å². The van der Waals surface area contributed by atoms with Crippen LogP contribution in [0.3, 0.4) is 0 Å². The molecule has 7 nitrogen and oxygen atoms in total. The standard InChI is InChI=1S/C42H56O7/c1-6-9-10-13-32-16-18-34(19-17-32)35-20-21-39(33(7-2)24-35)38-25-36(14-11-22-47-30-45)40(49-29-42(8-3,27-43)28-44)37(26-38)15-12-23-48-41(46)31(4)5/h16-21,24-26,30,43-44H,4,6-15,22-23,27-29H2,1-3,5H3. The fourth-order valence-corrected chi connectivity index (χ4v) is 5.89. The maximum absolute atomic E-state index is 12.0. The molecule has 0 saturated heterocycles. The summed E-state index contributed by atoms with van der Waals surface area (Å²) < 4.78 is 16.9. The third-order valence-electron chi connectivity index (χ3n) is 9.29. The zero-order chi connectivity index (χ0) is 35.6. The van der Waals surface area contributed by atoms with E-state index >= 15 is 0 Å². The summed E-state index contributed by atoms with van der Waals surface area (Å²) in [6, 6.07) is 19.9. The smallest absolute Gasteiger partial charge is 0.333 e. The van der Waals surface area contributed by atoms with E-state index in [1.807, 2.05) is 6.92 Å². The van der Waals surface area contributed by atoms with Gasteiger partial charge in [0.1, 0.15) is 5.75 Å². The predicted octanol–water partition coefficient (Wildman–Crippen LogP) is 8.23. The van der Waals surface area contributed by atoms with E-state index in [0.717, 1.165) is 35.1 Å². The van der Waals surface area contributed by atoms with E-state index in [4.69, 9.17) is 14.2 Å². The lowest BCUT2D eigenvalue weighted by Crippen LogP contribution is -2.36. The summed E-state index contributed by atoms with van der Waals surface area (Å²) in [6.45, 7) is 12.3. The van der Waals surface area contributed by atoms with Crippen LogP contribution in [0.4, 0.5) is 0 Å². The number of esters is 1. The molecule has 0 heterocycles. The second-order valence-corrected chi connectivity index (χ2v) is 13.1. The van der Waals surface area contributed by atoms with Crippen molar-refractivity contribution < 1.29 is 34.0 Å². The molecule has 49 heavy (non-hydrogen) atoms. The molecule has 0 saturated carbocycles. The average molecular weight is 673 g/mol. The number of rotatable bonds is 23. The highest BCUT2D eigenvalue weighted by molar-refractivity contribution is 5.86. The van der Waals surface area contributed by atoms with Crippen LogP contribution in [0.5, 0.6) is 5.75 Å². The number of carbonyl (C=O) groups is 2. The molecule has 0 spiro atoms. The second kappa shape index (κ2) is 20.5. The maximum atomic E-state index is 12.0. The summed E-state index contributed by atoms with van der Waals surface area (Å²) in [5, 5.41) is 20.3. The average Bonchev–Trinajstić information content (AvgIpc) is 3.13. The van der Waals surface area contributed by atoms with Crippen LogP contribution in [-0.2, 0) is 44.7 Å². The molecular formula is C42H56O7. The van der Waals surface area contributed by atoms with E-state index < -0.39 is 11.4 Å². The Kier molecular flexibility index (Phi) is 16.6. The molecule has 0 fully saturated rings. The number of ether oxygens (including phenoxy) is 3. The summed E-state index contributed by atoms with van der Waals surface area (Å²) >= 11 is 0. The monoisotopic (exact) mass is 672 g/mol. The molecule has 266 valence electrons. The van der Waals surface area contributed by atoms with Gasteiger partial charge in [0, 0.05) is 5.57 Å². The first kappa shape index (κ1) is 39.5. The zero-order valence-corrected chi connectivity index (χ0v) is 30.0. The molecule has 3 rings (SSSR count). The molecule has 0 aliphatic heterocycles. The summed E-state index contributed by atoms with van der Waals surface area (Å²) in [5.41, 5.74) is 8.60. The largest absolute Gasteiger partial charge is 0.492 e. The summed E-state index contributed by atoms with van der Waals surface area (Å²) in [4.78, 5) is 22.9. The fourth-order valence-electron chi connectivity index (χ4n) is 5.89. The van der Waals surface area contributed by atoms with Crippen LogP contribution >= 0.6 is 0 Å². The Bertz CT molecular complexity index is 1480. The number of hydrogen-bond acceptors (Lipinski definition) is 7. The van der Waals surface area contributed by atoms with Crippen LogP contribution in [0, 0.1) is 5.41 Å². The number of benzene rings is 3. The van der Waals surface area contributed by atoms with Crippen LogP contribution < -0.4 is 4.74 Å². The molecular weight excluding hydrogens is 616 g/mol. The van der Waals surface area contributed by atoms with Gasteiger partial charge in [-0.3, -0.25) is 4.79 Å². The van der Waals surface area contributed by atoms with Gasteiger partial charge in [0.25, 0.3) is 6.47 Å². The lowest BCUT2D eigenvalue weighted by molar-refractivity contribution is -0.139. The number of carbonyl (C=O) groups excluding carboxylic acids is 2. The molecule has 3 aromatic rings. The van der Waals surface area contributed by atoms with Gasteiger partial charge in [-0.2, -0.15) is 0 Å². The quantitative estimate of drug-likeness (QED) is 0.0453. The third kappa shape index (κ3) is 11.6. The number of aliphatic hydroxyl groups is 2. The molecule has 0 aliphatic rings. The van der Waals surface area contributed by atoms with Crippen molar-refractivity contribution in [2.45, 2.75) is 91.9 Å². The SMILES string of the molecule is C=C(C)C(=O)OCCCc1cc(-c2ccc(-c3ccc(CCCCC)cc3)cc2CC)cc(CCCOC=O)c1OCC(CC)(CO)CO. The van der Waals surface area contributed by atoms with Crippen LogP contribution in [0.15, 0.2) is 66.7 Å². The van der Waals surface area contributed by atoms with Crippen molar-refractivity contribution in [3.8, 4) is 28.0 Å². The fraction of sp³-hybridized carbons (Fsp3) is 0.476. The number of aliphatic hydroxyl groups excluding tert-OH is 2. The Morgan fingerprint density at radius 2 is 1.43 bits per heavy atom. The highest BCUT2D eigenvalue weighted by Crippen LogP contribution is 2.37. The maximum Gasteiger partial charge on any atom is 0.333 e. The van der Waals surface area contributed by atoms with Crippen molar-refractivity contribution in [3.63, 3.8) is 0 Å². The normalized spacial score (nSPS) is 11.3. The lowest BCUT2D eigenvalue weighted by atomic mass is 9.87. The second-order valence-electron chi connectivity index (χ2n) is 13.1. The van der Waals surface area contributed by atoms with Gasteiger partial charge in [-0.1, -0.05) is 82.7 Å². The number of aryl methyl sites for hydroxylation is 4. The minimum Gasteiger partial charge on any atom is -0.492 e. The highest BCUT2D eigenvalue weighted by Gasteiger charge is 2.29. The van der Waals surface area contributed by atoms with Gasteiger partial charge < -0.3 is 24.4 Å². The van der Waals surface area contributed by atoms with Crippen molar-refractivity contribution >= 4 is 12.4 Å². The van der Waals surface area contributed by atoms with E-state index in [1.165, 1.54) is 41.5 Å². The molecule has 7 heteroatoms. The van der Waals surface area contributed by atoms with Crippen molar-refractivity contribution in [2.24, 2.45) is 5.41 Å². The lowest BCUT2D eigenvalue weighted by Gasteiger charge is -2.29. The summed E-state index contributed by atoms with van der Waals surface area (Å²) in [5.74, 6) is 0.271. The number of hydrogen-bond donors (Lipinski definition) is 2. The first-order chi connectivity index (χ1) is 23.7. The van der Waals surface area contributed by atoms with E-state index in [9.17, 15) is 19.8 Å². The Morgan fingerprint density at radius 3 is 2.00 bits per heavy atom. The van der Waals surface area contributed by atoms with Gasteiger partial charge in [0.2, 0.25) is 0 Å². The minimum atomic E-state index is -0.788. The Morgan fingerprint density at radius 1 is 0.796 bits per heavy atom. The Balaban J connectivity index is 2.04. The molecule has 0 atom stereocenters. The molecule has 0 aliphatic carbocycles. The van der Waals surface area contributed by atoms with E-state index in [-0.39, 0.29) is 33.0 Å². The van der Waals surface area contributed by atoms with Crippen LogP contribution in [0.25, 0.3) is 22.3 Å². The van der Waals surface area contributed by atoms with Crippen molar-refractivity contribution in [1.29, 1.82) is 0 Å². The van der Waals surface area contributed by atoms with E-state index in [0.29, 0.717) is 49.9 Å². The Labute approximate surface area is 293 Å². The molecule has 3 aromatic carbocycles. The van der Waals surface area contributed by atoms with Crippen LogP contribution in [0.1, 0.15) is 88.5 Å². The van der Waals surface area contributed by atoms with Crippen LogP contribution in [0.2, 0.25) is 0 Å². The van der Waals surface area contributed by atoms with Gasteiger partial charge in [-0.15, -0.1) is 0 Å². The number of unbranched alkanes of at least 4 members (excludes halogenated alkanes) is 2. The predicted molar refractivity (Wildman–Crippen MR) is 197 cm³/mol. The van der Waals surface area contributed by atoms with Crippen molar-refractivity contribution in [1.82, 2.24) is 0 Å². The van der Waals surface area contributed by atoms with Gasteiger partial charge in [-0.05, 0) is 115 Å². The minimum absolute atomic E-state index is 0.137. The van der Waals surface area contributed by atoms with E-state index in [1.54, 1.807) is 6.92 Å². The zero-order valence-electron chi connectivity index (χ0n) is 30.0. The molecule has 0 radical (unpaired) electrons. The highest BCUT2D eigenvalue weighted by atomic mass is 16.5. The molecule has 0 amide bonds. The molecule has 2 N–H and O–H groups in total. The van der Waals surface area contributed by atoms with Gasteiger partial charge in [-0.25, -0.2) is 4.79 Å². The van der Waals surface area contributed by atoms with Crippen LogP contribution in [-0.4, -0.2) is 55.7 Å². The summed E-state index contributed by atoms with van der Waals surface area (Å²) in [7, 11) is 0.